The summed E-state index contributed by atoms with van der Waals surface area (Å²) in [7, 11) is 0. The van der Waals surface area contributed by atoms with Gasteiger partial charge in [-0.05, 0) is 45.6 Å². The molecule has 1 N–H and O–H groups in total. The van der Waals surface area contributed by atoms with Crippen LogP contribution in [0.15, 0.2) is 4.52 Å². The quantitative estimate of drug-likeness (QED) is 0.842. The molecule has 0 saturated heterocycles. The van der Waals surface area contributed by atoms with Crippen LogP contribution >= 0.6 is 0 Å². The van der Waals surface area contributed by atoms with Crippen LogP contribution in [0.25, 0.3) is 0 Å². The number of ether oxygens (including phenoxy) is 1. The Balaban J connectivity index is 1.64. The van der Waals surface area contributed by atoms with E-state index in [1.54, 1.807) is 0 Å². The SMILES string of the molecule is CCCNC1CCC(OCc2nc(C)no2)CC1. The number of nitrogens with zero attached hydrogens (tertiary/aromatic N) is 2. The summed E-state index contributed by atoms with van der Waals surface area (Å²) in [4.78, 5) is 4.14. The lowest BCUT2D eigenvalue weighted by Crippen LogP contribution is -2.35. The second-order valence-corrected chi connectivity index (χ2v) is 4.97. The highest BCUT2D eigenvalue weighted by Gasteiger charge is 2.21. The van der Waals surface area contributed by atoms with Gasteiger partial charge in [-0.2, -0.15) is 4.98 Å². The first-order valence-electron chi connectivity index (χ1n) is 6.92. The number of rotatable bonds is 6. The van der Waals surface area contributed by atoms with Gasteiger partial charge in [0.2, 0.25) is 0 Å². The van der Waals surface area contributed by atoms with Gasteiger partial charge in [0.1, 0.15) is 6.61 Å². The zero-order valence-electron chi connectivity index (χ0n) is 11.3. The summed E-state index contributed by atoms with van der Waals surface area (Å²) >= 11 is 0. The first-order chi connectivity index (χ1) is 8.78. The lowest BCUT2D eigenvalue weighted by molar-refractivity contribution is -0.000209. The van der Waals surface area contributed by atoms with E-state index >= 15 is 0 Å². The van der Waals surface area contributed by atoms with Crippen molar-refractivity contribution in [2.45, 2.75) is 64.7 Å². The maximum atomic E-state index is 5.81. The molecule has 0 aliphatic heterocycles. The summed E-state index contributed by atoms with van der Waals surface area (Å²) in [6.07, 6.45) is 6.19. The predicted molar refractivity (Wildman–Crippen MR) is 68.2 cm³/mol. The standard InChI is InChI=1S/C13H23N3O2/c1-3-8-14-11-4-6-12(7-5-11)17-9-13-15-10(2)16-18-13/h11-12,14H,3-9H2,1-2H3. The zero-order valence-corrected chi connectivity index (χ0v) is 11.3. The molecule has 0 aromatic carbocycles. The Hall–Kier alpha value is -0.940. The fourth-order valence-electron chi connectivity index (χ4n) is 2.37. The van der Waals surface area contributed by atoms with Crippen LogP contribution in [0.5, 0.6) is 0 Å². The molecular weight excluding hydrogens is 230 g/mol. The van der Waals surface area contributed by atoms with Crippen molar-refractivity contribution in [2.24, 2.45) is 0 Å². The molecule has 1 aromatic heterocycles. The maximum Gasteiger partial charge on any atom is 0.252 e. The van der Waals surface area contributed by atoms with Crippen molar-refractivity contribution in [3.05, 3.63) is 11.7 Å². The van der Waals surface area contributed by atoms with E-state index in [1.165, 1.54) is 19.3 Å². The van der Waals surface area contributed by atoms with Gasteiger partial charge >= 0.3 is 0 Å². The van der Waals surface area contributed by atoms with E-state index in [0.29, 0.717) is 30.5 Å². The van der Waals surface area contributed by atoms with Crippen LogP contribution in [0, 0.1) is 6.92 Å². The fourth-order valence-corrected chi connectivity index (χ4v) is 2.37. The van der Waals surface area contributed by atoms with E-state index in [-0.39, 0.29) is 0 Å². The van der Waals surface area contributed by atoms with E-state index in [2.05, 4.69) is 22.4 Å². The lowest BCUT2D eigenvalue weighted by Gasteiger charge is -2.28. The molecule has 1 heterocycles. The van der Waals surface area contributed by atoms with Crippen molar-refractivity contribution in [3.8, 4) is 0 Å². The van der Waals surface area contributed by atoms with Crippen molar-refractivity contribution < 1.29 is 9.26 Å². The molecule has 5 nitrogen and oxygen atoms in total. The average Bonchev–Trinajstić information content (AvgIpc) is 2.81. The third-order valence-corrected chi connectivity index (χ3v) is 3.37. The summed E-state index contributed by atoms with van der Waals surface area (Å²) in [5.74, 6) is 1.25. The zero-order chi connectivity index (χ0) is 12.8. The van der Waals surface area contributed by atoms with Crippen LogP contribution in [0.4, 0.5) is 0 Å². The fraction of sp³-hybridized carbons (Fsp3) is 0.846. The van der Waals surface area contributed by atoms with Gasteiger partial charge in [0.25, 0.3) is 5.89 Å². The van der Waals surface area contributed by atoms with E-state index < -0.39 is 0 Å². The van der Waals surface area contributed by atoms with Crippen molar-refractivity contribution in [3.63, 3.8) is 0 Å². The van der Waals surface area contributed by atoms with Gasteiger partial charge in [-0.1, -0.05) is 12.1 Å². The topological polar surface area (TPSA) is 60.2 Å². The maximum absolute atomic E-state index is 5.81. The molecule has 1 saturated carbocycles. The minimum absolute atomic E-state index is 0.344. The Labute approximate surface area is 108 Å². The molecule has 102 valence electrons. The molecule has 5 heteroatoms. The van der Waals surface area contributed by atoms with Gasteiger partial charge in [0.05, 0.1) is 6.10 Å². The second-order valence-electron chi connectivity index (χ2n) is 4.97. The molecule has 2 rings (SSSR count). The third kappa shape index (κ3) is 4.07. The predicted octanol–water partition coefficient (Wildman–Crippen LogP) is 2.21. The number of hydrogen-bond acceptors (Lipinski definition) is 5. The highest BCUT2D eigenvalue weighted by atomic mass is 16.5. The summed E-state index contributed by atoms with van der Waals surface area (Å²) in [6.45, 7) is 5.59. The molecule has 1 aliphatic rings. The minimum atomic E-state index is 0.344. The summed E-state index contributed by atoms with van der Waals surface area (Å²) in [5, 5.41) is 7.32. The second kappa shape index (κ2) is 6.85. The van der Waals surface area contributed by atoms with E-state index in [1.807, 2.05) is 6.92 Å². The number of hydrogen-bond donors (Lipinski definition) is 1. The van der Waals surface area contributed by atoms with E-state index in [4.69, 9.17) is 9.26 Å². The first kappa shape index (κ1) is 13.5. The normalized spacial score (nSPS) is 24.3. The summed E-state index contributed by atoms with van der Waals surface area (Å²) in [5.41, 5.74) is 0. The summed E-state index contributed by atoms with van der Waals surface area (Å²) < 4.78 is 10.8. The van der Waals surface area contributed by atoms with Crippen molar-refractivity contribution in [2.75, 3.05) is 6.54 Å². The van der Waals surface area contributed by atoms with Gasteiger partial charge in [0.15, 0.2) is 5.82 Å². The van der Waals surface area contributed by atoms with Crippen molar-refractivity contribution in [1.82, 2.24) is 15.5 Å². The van der Waals surface area contributed by atoms with Gasteiger partial charge in [-0.3, -0.25) is 0 Å². The molecule has 1 aliphatic carbocycles. The molecule has 0 bridgehead atoms. The Morgan fingerprint density at radius 1 is 1.33 bits per heavy atom. The van der Waals surface area contributed by atoms with Crippen LogP contribution in [0.2, 0.25) is 0 Å². The number of aromatic nitrogens is 2. The molecule has 0 unspecified atom stereocenters. The Morgan fingerprint density at radius 2 is 2.11 bits per heavy atom. The van der Waals surface area contributed by atoms with Crippen LogP contribution < -0.4 is 5.32 Å². The monoisotopic (exact) mass is 253 g/mol. The lowest BCUT2D eigenvalue weighted by atomic mass is 9.93. The average molecular weight is 253 g/mol. The van der Waals surface area contributed by atoms with E-state index in [0.717, 1.165) is 19.4 Å². The highest BCUT2D eigenvalue weighted by Crippen LogP contribution is 2.22. The van der Waals surface area contributed by atoms with Crippen LogP contribution in [0.3, 0.4) is 0 Å². The molecule has 0 amide bonds. The Morgan fingerprint density at radius 3 is 2.72 bits per heavy atom. The largest absolute Gasteiger partial charge is 0.368 e. The number of nitrogens with one attached hydrogen (secondary N) is 1. The minimum Gasteiger partial charge on any atom is -0.368 e. The van der Waals surface area contributed by atoms with Crippen LogP contribution in [-0.4, -0.2) is 28.8 Å². The van der Waals surface area contributed by atoms with Crippen molar-refractivity contribution in [1.29, 1.82) is 0 Å². The van der Waals surface area contributed by atoms with Gasteiger partial charge in [0, 0.05) is 6.04 Å². The van der Waals surface area contributed by atoms with E-state index in [9.17, 15) is 0 Å². The number of aryl methyl sites for hydroxylation is 1. The Bertz CT molecular complexity index is 346. The third-order valence-electron chi connectivity index (χ3n) is 3.37. The van der Waals surface area contributed by atoms with Crippen molar-refractivity contribution >= 4 is 0 Å². The molecule has 18 heavy (non-hydrogen) atoms. The molecule has 0 radical (unpaired) electrons. The highest BCUT2D eigenvalue weighted by molar-refractivity contribution is 4.82. The molecule has 1 aromatic rings. The smallest absolute Gasteiger partial charge is 0.252 e. The summed E-state index contributed by atoms with van der Waals surface area (Å²) in [6, 6.07) is 0.676. The van der Waals surface area contributed by atoms with Gasteiger partial charge < -0.3 is 14.6 Å². The van der Waals surface area contributed by atoms with Gasteiger partial charge in [-0.15, -0.1) is 0 Å². The van der Waals surface area contributed by atoms with Gasteiger partial charge in [-0.25, -0.2) is 0 Å². The first-order valence-corrected chi connectivity index (χ1v) is 6.92. The Kier molecular flexibility index (Phi) is 5.13. The van der Waals surface area contributed by atoms with Crippen LogP contribution in [-0.2, 0) is 11.3 Å². The molecule has 0 spiro atoms. The van der Waals surface area contributed by atoms with Crippen LogP contribution in [0.1, 0.15) is 50.7 Å². The molecule has 1 fully saturated rings. The molecular formula is C13H23N3O2. The molecule has 0 atom stereocenters.